The van der Waals surface area contributed by atoms with Gasteiger partial charge in [0.25, 0.3) is 5.91 Å². The number of aromatic nitrogens is 3. The van der Waals surface area contributed by atoms with Crippen molar-refractivity contribution < 1.29 is 9.18 Å². The Balaban J connectivity index is 1.92. The molecule has 7 nitrogen and oxygen atoms in total. The number of benzene rings is 1. The number of hydrogen-bond acceptors (Lipinski definition) is 5. The van der Waals surface area contributed by atoms with Gasteiger partial charge < -0.3 is 16.0 Å². The fraction of sp³-hybridized carbons (Fsp3) is 0.318. The minimum Gasteiger partial charge on any atom is -0.369 e. The molecule has 1 fully saturated rings. The summed E-state index contributed by atoms with van der Waals surface area (Å²) in [5.41, 5.74) is 10.8. The van der Waals surface area contributed by atoms with Crippen LogP contribution >= 0.6 is 0 Å². The van der Waals surface area contributed by atoms with Crippen LogP contribution in [0.5, 0.6) is 0 Å². The van der Waals surface area contributed by atoms with E-state index in [0.717, 1.165) is 42.7 Å². The van der Waals surface area contributed by atoms with Crippen LogP contribution in [0.25, 0.3) is 27.7 Å². The number of imidazole rings is 1. The first-order valence-corrected chi connectivity index (χ1v) is 10.1. The molecule has 3 aromatic heterocycles. The Hall–Kier alpha value is -3.26. The summed E-state index contributed by atoms with van der Waals surface area (Å²) in [5.74, 6) is -0.614. The number of aryl methyl sites for hydroxylation is 1. The lowest BCUT2D eigenvalue weighted by Gasteiger charge is -2.33. The number of nitrogens with one attached hydrogen (secondary N) is 1. The van der Waals surface area contributed by atoms with Gasteiger partial charge in [0.1, 0.15) is 11.5 Å². The van der Waals surface area contributed by atoms with Crippen LogP contribution < -0.4 is 16.0 Å². The van der Waals surface area contributed by atoms with Crippen molar-refractivity contribution in [2.75, 3.05) is 25.0 Å². The van der Waals surface area contributed by atoms with Crippen LogP contribution in [0.15, 0.2) is 30.3 Å². The Morgan fingerprint density at radius 2 is 2.07 bits per heavy atom. The van der Waals surface area contributed by atoms with E-state index in [1.54, 1.807) is 17.5 Å². The molecule has 8 heteroatoms. The Bertz CT molecular complexity index is 1310. The molecule has 0 bridgehead atoms. The van der Waals surface area contributed by atoms with Gasteiger partial charge in [0.15, 0.2) is 5.65 Å². The van der Waals surface area contributed by atoms with Gasteiger partial charge in [0.05, 0.1) is 16.6 Å². The van der Waals surface area contributed by atoms with Gasteiger partial charge in [-0.3, -0.25) is 9.20 Å². The van der Waals surface area contributed by atoms with Gasteiger partial charge >= 0.3 is 0 Å². The number of carbonyl (C=O) groups excluding carboxylic acids is 1. The second-order valence-electron chi connectivity index (χ2n) is 7.91. The Morgan fingerprint density at radius 3 is 2.83 bits per heavy atom. The van der Waals surface area contributed by atoms with Crippen molar-refractivity contribution >= 4 is 39.3 Å². The molecule has 0 unspecified atom stereocenters. The van der Waals surface area contributed by atoms with Crippen LogP contribution in [0.2, 0.25) is 0 Å². The lowest BCUT2D eigenvalue weighted by molar-refractivity contribution is 0.0964. The van der Waals surface area contributed by atoms with Gasteiger partial charge in [0, 0.05) is 49.0 Å². The molecule has 0 radical (unpaired) electrons. The van der Waals surface area contributed by atoms with Crippen molar-refractivity contribution in [3.05, 3.63) is 47.4 Å². The molecule has 4 aromatic rings. The van der Waals surface area contributed by atoms with Gasteiger partial charge in [-0.15, -0.1) is 0 Å². The molecule has 154 valence electrons. The molecule has 1 saturated heterocycles. The zero-order valence-corrected chi connectivity index (χ0v) is 16.9. The van der Waals surface area contributed by atoms with E-state index >= 15 is 0 Å². The maximum atomic E-state index is 14.1. The molecule has 4 heterocycles. The average Bonchev–Trinajstić information content (AvgIpc) is 3.11. The fourth-order valence-corrected chi connectivity index (χ4v) is 4.40. The van der Waals surface area contributed by atoms with E-state index in [2.05, 4.69) is 15.2 Å². The van der Waals surface area contributed by atoms with E-state index < -0.39 is 0 Å². The third kappa shape index (κ3) is 2.87. The maximum Gasteiger partial charge on any atom is 0.254 e. The number of pyridine rings is 2. The molecule has 1 atom stereocenters. The fourth-order valence-electron chi connectivity index (χ4n) is 4.40. The highest BCUT2D eigenvalue weighted by Gasteiger charge is 2.24. The molecule has 1 aromatic carbocycles. The molecule has 5 rings (SSSR count). The van der Waals surface area contributed by atoms with Crippen molar-refractivity contribution in [1.29, 1.82) is 0 Å². The molecule has 30 heavy (non-hydrogen) atoms. The topological polar surface area (TPSA) is 88.5 Å². The third-order valence-corrected chi connectivity index (χ3v) is 5.77. The van der Waals surface area contributed by atoms with E-state index in [1.807, 2.05) is 19.1 Å². The number of amides is 1. The minimum atomic E-state index is -0.363. The second kappa shape index (κ2) is 6.91. The summed E-state index contributed by atoms with van der Waals surface area (Å²) in [4.78, 5) is 24.4. The predicted molar refractivity (Wildman–Crippen MR) is 116 cm³/mol. The molecular formula is C22H23FN6O. The summed E-state index contributed by atoms with van der Waals surface area (Å²) >= 11 is 0. The summed E-state index contributed by atoms with van der Waals surface area (Å²) < 4.78 is 15.9. The van der Waals surface area contributed by atoms with Crippen LogP contribution in [0, 0.1) is 12.7 Å². The first-order chi connectivity index (χ1) is 14.5. The van der Waals surface area contributed by atoms with Gasteiger partial charge in [-0.25, -0.2) is 14.4 Å². The lowest BCUT2D eigenvalue weighted by Crippen LogP contribution is -2.43. The summed E-state index contributed by atoms with van der Waals surface area (Å²) in [5, 5.41) is 3.51. The Kier molecular flexibility index (Phi) is 4.32. The minimum absolute atomic E-state index is 0.104. The van der Waals surface area contributed by atoms with Crippen molar-refractivity contribution in [3.63, 3.8) is 0 Å². The molecule has 0 aliphatic carbocycles. The number of hydrogen-bond donors (Lipinski definition) is 2. The van der Waals surface area contributed by atoms with Gasteiger partial charge in [-0.05, 0) is 44.0 Å². The van der Waals surface area contributed by atoms with E-state index in [-0.39, 0.29) is 17.8 Å². The van der Waals surface area contributed by atoms with E-state index in [1.165, 1.54) is 12.1 Å². The van der Waals surface area contributed by atoms with Crippen molar-refractivity contribution in [1.82, 2.24) is 19.7 Å². The summed E-state index contributed by atoms with van der Waals surface area (Å²) in [7, 11) is 1.59. The number of halogens is 1. The highest BCUT2D eigenvalue weighted by molar-refractivity contribution is 6.07. The highest BCUT2D eigenvalue weighted by atomic mass is 19.1. The average molecular weight is 406 g/mol. The number of piperidine rings is 1. The van der Waals surface area contributed by atoms with Gasteiger partial charge in [0.2, 0.25) is 0 Å². The van der Waals surface area contributed by atoms with Crippen LogP contribution in [0.3, 0.4) is 0 Å². The van der Waals surface area contributed by atoms with Crippen LogP contribution in [0.4, 0.5) is 10.1 Å². The number of fused-ring (bicyclic) bond motifs is 5. The summed E-state index contributed by atoms with van der Waals surface area (Å²) in [6.07, 6.45) is 2.01. The molecule has 3 N–H and O–H groups in total. The third-order valence-electron chi connectivity index (χ3n) is 5.77. The van der Waals surface area contributed by atoms with Crippen LogP contribution in [0.1, 0.15) is 28.9 Å². The molecular weight excluding hydrogens is 383 g/mol. The van der Waals surface area contributed by atoms with E-state index in [9.17, 15) is 9.18 Å². The quantitative estimate of drug-likeness (QED) is 0.534. The predicted octanol–water partition coefficient (Wildman–Crippen LogP) is 2.77. The highest BCUT2D eigenvalue weighted by Crippen LogP contribution is 2.33. The number of nitrogens with zero attached hydrogens (tertiary/aromatic N) is 4. The summed E-state index contributed by atoms with van der Waals surface area (Å²) in [6.45, 7) is 3.56. The van der Waals surface area contributed by atoms with Crippen molar-refractivity contribution in [3.8, 4) is 0 Å². The maximum absolute atomic E-state index is 14.1. The van der Waals surface area contributed by atoms with Crippen molar-refractivity contribution in [2.45, 2.75) is 25.8 Å². The van der Waals surface area contributed by atoms with Gasteiger partial charge in [-0.2, -0.15) is 0 Å². The zero-order chi connectivity index (χ0) is 21.0. The van der Waals surface area contributed by atoms with E-state index in [0.29, 0.717) is 27.9 Å². The first-order valence-electron chi connectivity index (χ1n) is 10.1. The SMILES string of the molecule is CNC(=O)c1cc2c(N3CCC[C@@H](N)C3)cc(C)nc2n2c1nc1ccc(F)cc12. The summed E-state index contributed by atoms with van der Waals surface area (Å²) in [6, 6.07) is 8.40. The number of rotatable bonds is 2. The first kappa shape index (κ1) is 18.7. The number of anilines is 1. The normalized spacial score (nSPS) is 17.2. The lowest BCUT2D eigenvalue weighted by atomic mass is 10.0. The molecule has 1 aliphatic heterocycles. The van der Waals surface area contributed by atoms with E-state index in [4.69, 9.17) is 10.7 Å². The Labute approximate surface area is 172 Å². The Morgan fingerprint density at radius 1 is 1.23 bits per heavy atom. The largest absolute Gasteiger partial charge is 0.369 e. The van der Waals surface area contributed by atoms with Crippen LogP contribution in [-0.2, 0) is 0 Å². The molecule has 1 amide bonds. The molecule has 0 spiro atoms. The second-order valence-corrected chi connectivity index (χ2v) is 7.91. The van der Waals surface area contributed by atoms with Crippen LogP contribution in [-0.4, -0.2) is 46.5 Å². The smallest absolute Gasteiger partial charge is 0.254 e. The number of carbonyl (C=O) groups is 1. The monoisotopic (exact) mass is 406 g/mol. The zero-order valence-electron chi connectivity index (χ0n) is 16.9. The van der Waals surface area contributed by atoms with Crippen molar-refractivity contribution in [2.24, 2.45) is 5.73 Å². The molecule has 1 aliphatic rings. The molecule has 0 saturated carbocycles. The van der Waals surface area contributed by atoms with Gasteiger partial charge in [-0.1, -0.05) is 0 Å². The standard InChI is InChI=1S/C22H23FN6O/c1-12-8-18(28-7-3-4-14(24)11-28)15-10-16(22(30)25-2)21-27-17-6-5-13(23)9-19(17)29(21)20(15)26-12/h5-6,8-10,14H,3-4,7,11,24H2,1-2H3,(H,25,30)/t14-/m1/s1. The number of nitrogens with two attached hydrogens (primary N) is 1.